The Morgan fingerprint density at radius 3 is 2.38 bits per heavy atom. The van der Waals surface area contributed by atoms with Crippen molar-refractivity contribution in [3.8, 4) is 0 Å². The molecule has 0 aliphatic carbocycles. The molecule has 0 bridgehead atoms. The van der Waals surface area contributed by atoms with Gasteiger partial charge in [0.1, 0.15) is 17.2 Å². The molecule has 0 aliphatic rings. The van der Waals surface area contributed by atoms with Crippen molar-refractivity contribution in [2.75, 3.05) is 4.72 Å². The van der Waals surface area contributed by atoms with E-state index in [0.717, 1.165) is 36.4 Å². The first-order chi connectivity index (χ1) is 9.81. The molecule has 21 heavy (non-hydrogen) atoms. The summed E-state index contributed by atoms with van der Waals surface area (Å²) < 4.78 is 52.6. The minimum Gasteiger partial charge on any atom is -0.478 e. The van der Waals surface area contributed by atoms with Gasteiger partial charge in [0.15, 0.2) is 0 Å². The lowest BCUT2D eigenvalue weighted by Crippen LogP contribution is -2.16. The average molecular weight is 313 g/mol. The number of halogens is 2. The summed E-state index contributed by atoms with van der Waals surface area (Å²) in [4.78, 5) is 10.6. The maximum absolute atomic E-state index is 13.5. The first kappa shape index (κ1) is 14.9. The zero-order valence-corrected chi connectivity index (χ0v) is 11.2. The monoisotopic (exact) mass is 313 g/mol. The van der Waals surface area contributed by atoms with Gasteiger partial charge >= 0.3 is 5.97 Å². The molecule has 0 saturated heterocycles. The number of benzene rings is 2. The molecule has 2 aromatic carbocycles. The summed E-state index contributed by atoms with van der Waals surface area (Å²) >= 11 is 0. The van der Waals surface area contributed by atoms with E-state index in [4.69, 9.17) is 5.11 Å². The Kier molecular flexibility index (Phi) is 3.90. The topological polar surface area (TPSA) is 83.5 Å². The summed E-state index contributed by atoms with van der Waals surface area (Å²) in [6.07, 6.45) is 0. The molecule has 2 N–H and O–H groups in total. The van der Waals surface area contributed by atoms with Gasteiger partial charge in [-0.15, -0.1) is 0 Å². The van der Waals surface area contributed by atoms with Gasteiger partial charge in [0.25, 0.3) is 10.0 Å². The van der Waals surface area contributed by atoms with E-state index in [1.807, 2.05) is 4.72 Å². The molecular formula is C13H9F2NO4S. The van der Waals surface area contributed by atoms with E-state index in [9.17, 15) is 22.0 Å². The van der Waals surface area contributed by atoms with Crippen LogP contribution >= 0.6 is 0 Å². The standard InChI is InChI=1S/C13H9F2NO4S/c14-8-3-1-4-9(7-8)21(19,20)16-11-6-2-5-10(15)12(11)13(17)18/h1-7,16H,(H,17,18). The molecule has 0 radical (unpaired) electrons. The first-order valence-electron chi connectivity index (χ1n) is 5.61. The van der Waals surface area contributed by atoms with Crippen LogP contribution in [0.2, 0.25) is 0 Å². The van der Waals surface area contributed by atoms with Gasteiger partial charge in [-0.2, -0.15) is 0 Å². The Balaban J connectivity index is 2.47. The number of nitrogens with one attached hydrogen (secondary N) is 1. The average Bonchev–Trinajstić information content (AvgIpc) is 2.37. The molecule has 8 heteroatoms. The van der Waals surface area contributed by atoms with Gasteiger partial charge in [-0.1, -0.05) is 12.1 Å². The fourth-order valence-corrected chi connectivity index (χ4v) is 2.77. The van der Waals surface area contributed by atoms with Gasteiger partial charge in [0.05, 0.1) is 10.6 Å². The van der Waals surface area contributed by atoms with E-state index in [2.05, 4.69) is 0 Å². The Bertz CT molecular complexity index is 806. The van der Waals surface area contributed by atoms with E-state index in [1.165, 1.54) is 6.07 Å². The van der Waals surface area contributed by atoms with E-state index in [0.29, 0.717) is 0 Å². The highest BCUT2D eigenvalue weighted by atomic mass is 32.2. The smallest absolute Gasteiger partial charge is 0.340 e. The van der Waals surface area contributed by atoms with Crippen molar-refractivity contribution in [2.45, 2.75) is 4.90 Å². The predicted molar refractivity (Wildman–Crippen MR) is 70.6 cm³/mol. The number of rotatable bonds is 4. The largest absolute Gasteiger partial charge is 0.478 e. The maximum Gasteiger partial charge on any atom is 0.340 e. The van der Waals surface area contributed by atoms with Crippen molar-refractivity contribution in [1.29, 1.82) is 0 Å². The van der Waals surface area contributed by atoms with Gasteiger partial charge in [-0.05, 0) is 30.3 Å². The normalized spacial score (nSPS) is 11.1. The van der Waals surface area contributed by atoms with E-state index in [1.54, 1.807) is 0 Å². The molecule has 0 saturated carbocycles. The molecule has 0 heterocycles. The summed E-state index contributed by atoms with van der Waals surface area (Å²) in [7, 11) is -4.23. The third kappa shape index (κ3) is 3.16. The van der Waals surface area contributed by atoms with Crippen LogP contribution in [0.3, 0.4) is 0 Å². The highest BCUT2D eigenvalue weighted by molar-refractivity contribution is 7.92. The molecule has 0 unspecified atom stereocenters. The second-order valence-corrected chi connectivity index (χ2v) is 5.71. The predicted octanol–water partition coefficient (Wildman–Crippen LogP) is 2.46. The number of anilines is 1. The Morgan fingerprint density at radius 2 is 1.76 bits per heavy atom. The Morgan fingerprint density at radius 1 is 1.10 bits per heavy atom. The van der Waals surface area contributed by atoms with Crippen molar-refractivity contribution in [3.63, 3.8) is 0 Å². The van der Waals surface area contributed by atoms with E-state index >= 15 is 0 Å². The third-order valence-corrected chi connectivity index (χ3v) is 3.94. The van der Waals surface area contributed by atoms with Crippen LogP contribution in [0.4, 0.5) is 14.5 Å². The van der Waals surface area contributed by atoms with Crippen molar-refractivity contribution in [1.82, 2.24) is 0 Å². The molecular weight excluding hydrogens is 304 g/mol. The summed E-state index contributed by atoms with van der Waals surface area (Å²) in [5.41, 5.74) is -1.25. The summed E-state index contributed by atoms with van der Waals surface area (Å²) in [5.74, 6) is -3.47. The van der Waals surface area contributed by atoms with Gasteiger partial charge in [0.2, 0.25) is 0 Å². The lowest BCUT2D eigenvalue weighted by atomic mass is 10.2. The minimum atomic E-state index is -4.23. The quantitative estimate of drug-likeness (QED) is 0.908. The molecule has 2 rings (SSSR count). The summed E-state index contributed by atoms with van der Waals surface area (Å²) in [6, 6.07) is 7.29. The number of carboxylic acids is 1. The fraction of sp³-hybridized carbons (Fsp3) is 0. The van der Waals surface area contributed by atoms with Crippen LogP contribution in [0.5, 0.6) is 0 Å². The van der Waals surface area contributed by atoms with Gasteiger partial charge in [-0.25, -0.2) is 22.0 Å². The minimum absolute atomic E-state index is 0.400. The van der Waals surface area contributed by atoms with E-state index < -0.39 is 43.8 Å². The number of carbonyl (C=O) groups is 1. The van der Waals surface area contributed by atoms with E-state index in [-0.39, 0.29) is 0 Å². The molecule has 2 aromatic rings. The highest BCUT2D eigenvalue weighted by Crippen LogP contribution is 2.22. The zero-order valence-electron chi connectivity index (χ0n) is 10.4. The second-order valence-electron chi connectivity index (χ2n) is 4.03. The van der Waals surface area contributed by atoms with Crippen LogP contribution in [0.1, 0.15) is 10.4 Å². The summed E-state index contributed by atoms with van der Waals surface area (Å²) in [5, 5.41) is 8.92. The SMILES string of the molecule is O=C(O)c1c(F)cccc1NS(=O)(=O)c1cccc(F)c1. The molecule has 110 valence electrons. The van der Waals surface area contributed by atoms with Crippen molar-refractivity contribution in [3.05, 3.63) is 59.7 Å². The molecule has 0 fully saturated rings. The van der Waals surface area contributed by atoms with Crippen LogP contribution in [0.15, 0.2) is 47.4 Å². The lowest BCUT2D eigenvalue weighted by Gasteiger charge is -2.11. The molecule has 5 nitrogen and oxygen atoms in total. The first-order valence-corrected chi connectivity index (χ1v) is 7.10. The van der Waals surface area contributed by atoms with Gasteiger partial charge < -0.3 is 5.11 Å². The van der Waals surface area contributed by atoms with Crippen molar-refractivity contribution >= 4 is 21.7 Å². The maximum atomic E-state index is 13.5. The molecule has 0 atom stereocenters. The number of hydrogen-bond donors (Lipinski definition) is 2. The van der Waals surface area contributed by atoms with Crippen molar-refractivity contribution < 1.29 is 27.1 Å². The third-order valence-electron chi connectivity index (χ3n) is 2.58. The Hall–Kier alpha value is -2.48. The van der Waals surface area contributed by atoms with Gasteiger partial charge in [0, 0.05) is 0 Å². The van der Waals surface area contributed by atoms with Crippen LogP contribution in [-0.2, 0) is 10.0 Å². The summed E-state index contributed by atoms with van der Waals surface area (Å²) in [6.45, 7) is 0. The number of sulfonamides is 1. The molecule has 0 spiro atoms. The number of aromatic carboxylic acids is 1. The lowest BCUT2D eigenvalue weighted by molar-refractivity contribution is 0.0693. The van der Waals surface area contributed by atoms with Crippen LogP contribution in [0.25, 0.3) is 0 Å². The molecule has 0 aromatic heterocycles. The second kappa shape index (κ2) is 5.49. The highest BCUT2D eigenvalue weighted by Gasteiger charge is 2.21. The van der Waals surface area contributed by atoms with Gasteiger partial charge in [-0.3, -0.25) is 4.72 Å². The van der Waals surface area contributed by atoms with Crippen LogP contribution < -0.4 is 4.72 Å². The molecule has 0 amide bonds. The molecule has 0 aliphatic heterocycles. The Labute approximate surface area is 118 Å². The fourth-order valence-electron chi connectivity index (χ4n) is 1.66. The number of hydrogen-bond acceptors (Lipinski definition) is 3. The zero-order chi connectivity index (χ0) is 15.6. The van der Waals surface area contributed by atoms with Crippen molar-refractivity contribution in [2.24, 2.45) is 0 Å². The van der Waals surface area contributed by atoms with Crippen LogP contribution in [0, 0.1) is 11.6 Å². The number of carboxylic acid groups (broad SMARTS) is 1. The van der Waals surface area contributed by atoms with Crippen LogP contribution in [-0.4, -0.2) is 19.5 Å².